The maximum Gasteiger partial charge on any atom is 0.235 e. The highest BCUT2D eigenvalue weighted by Gasteiger charge is 2.53. The molecule has 0 spiro atoms. The van der Waals surface area contributed by atoms with E-state index in [2.05, 4.69) is 15.2 Å². The van der Waals surface area contributed by atoms with E-state index in [0.29, 0.717) is 17.4 Å². The summed E-state index contributed by atoms with van der Waals surface area (Å²) < 4.78 is 0. The Morgan fingerprint density at radius 1 is 1.75 bits per heavy atom. The Labute approximate surface area is 98.2 Å². The van der Waals surface area contributed by atoms with Crippen LogP contribution in [-0.4, -0.2) is 38.0 Å². The minimum atomic E-state index is -0.593. The molecule has 86 valence electrons. The van der Waals surface area contributed by atoms with Crippen molar-refractivity contribution in [3.8, 4) is 0 Å². The minimum Gasteiger partial charge on any atom is -0.392 e. The summed E-state index contributed by atoms with van der Waals surface area (Å²) >= 11 is 4.93. The van der Waals surface area contributed by atoms with E-state index in [1.165, 1.54) is 6.33 Å². The van der Waals surface area contributed by atoms with E-state index in [0.717, 1.165) is 12.8 Å². The molecule has 0 aromatic carbocycles. The molecule has 1 heterocycles. The summed E-state index contributed by atoms with van der Waals surface area (Å²) in [5.41, 5.74) is 5.00. The third kappa shape index (κ3) is 1.78. The molecule has 1 aromatic heterocycles. The Balaban J connectivity index is 2.03. The first-order chi connectivity index (χ1) is 7.56. The first-order valence-corrected chi connectivity index (χ1v) is 5.37. The summed E-state index contributed by atoms with van der Waals surface area (Å²) in [6, 6.07) is 0. The highest BCUT2D eigenvalue weighted by Crippen LogP contribution is 2.47. The fourth-order valence-electron chi connectivity index (χ4n) is 1.66. The van der Waals surface area contributed by atoms with Gasteiger partial charge < -0.3 is 10.6 Å². The van der Waals surface area contributed by atoms with Crippen molar-refractivity contribution in [1.82, 2.24) is 20.1 Å². The first kappa shape index (κ1) is 11.0. The van der Waals surface area contributed by atoms with Gasteiger partial charge in [0.05, 0.1) is 16.9 Å². The molecule has 1 aromatic rings. The van der Waals surface area contributed by atoms with Crippen LogP contribution >= 0.6 is 12.2 Å². The van der Waals surface area contributed by atoms with E-state index in [9.17, 15) is 4.79 Å². The number of thiocarbonyl (C=S) groups is 1. The molecule has 0 atom stereocenters. The zero-order valence-electron chi connectivity index (χ0n) is 8.93. The van der Waals surface area contributed by atoms with Crippen molar-refractivity contribution in [2.24, 2.45) is 11.1 Å². The number of hydrogen-bond acceptors (Lipinski definition) is 4. The van der Waals surface area contributed by atoms with Crippen LogP contribution in [0.2, 0.25) is 0 Å². The van der Waals surface area contributed by atoms with Gasteiger partial charge in [-0.3, -0.25) is 9.89 Å². The number of nitrogens with one attached hydrogen (secondary N) is 1. The molecule has 0 bridgehead atoms. The van der Waals surface area contributed by atoms with Crippen LogP contribution in [0.25, 0.3) is 0 Å². The molecule has 0 unspecified atom stereocenters. The Kier molecular flexibility index (Phi) is 2.63. The lowest BCUT2D eigenvalue weighted by atomic mass is 10.1. The van der Waals surface area contributed by atoms with Crippen LogP contribution in [0, 0.1) is 5.41 Å². The number of aromatic nitrogens is 3. The second-order valence-electron chi connectivity index (χ2n) is 4.04. The van der Waals surface area contributed by atoms with E-state index >= 15 is 0 Å². The molecule has 1 fully saturated rings. The van der Waals surface area contributed by atoms with Gasteiger partial charge in [-0.1, -0.05) is 12.2 Å². The summed E-state index contributed by atoms with van der Waals surface area (Å²) in [5, 5.41) is 6.43. The SMILES string of the molecule is CN(Cc1ncn[nH]1)C(=O)C1(C(N)=S)CC1. The van der Waals surface area contributed by atoms with Crippen molar-refractivity contribution < 1.29 is 4.79 Å². The van der Waals surface area contributed by atoms with Crippen molar-refractivity contribution in [2.75, 3.05) is 7.05 Å². The normalized spacial score (nSPS) is 16.8. The second-order valence-corrected chi connectivity index (χ2v) is 4.48. The summed E-state index contributed by atoms with van der Waals surface area (Å²) in [5.74, 6) is 0.617. The molecule has 7 heteroatoms. The third-order valence-corrected chi connectivity index (χ3v) is 3.22. The molecular weight excluding hydrogens is 226 g/mol. The fraction of sp³-hybridized carbons (Fsp3) is 0.556. The molecule has 3 N–H and O–H groups in total. The number of hydrogen-bond donors (Lipinski definition) is 2. The molecule has 0 radical (unpaired) electrons. The average Bonchev–Trinajstić information content (AvgIpc) is 2.91. The minimum absolute atomic E-state index is 0.0311. The van der Waals surface area contributed by atoms with Crippen molar-refractivity contribution >= 4 is 23.1 Å². The van der Waals surface area contributed by atoms with Gasteiger partial charge in [-0.25, -0.2) is 4.98 Å². The van der Waals surface area contributed by atoms with Gasteiger partial charge in [0, 0.05) is 7.05 Å². The van der Waals surface area contributed by atoms with Gasteiger partial charge in [0.1, 0.15) is 12.2 Å². The van der Waals surface area contributed by atoms with Crippen molar-refractivity contribution in [1.29, 1.82) is 0 Å². The van der Waals surface area contributed by atoms with E-state index in [-0.39, 0.29) is 5.91 Å². The van der Waals surface area contributed by atoms with Gasteiger partial charge in [-0.2, -0.15) is 5.10 Å². The molecule has 0 aliphatic heterocycles. The molecule has 1 aliphatic carbocycles. The first-order valence-electron chi connectivity index (χ1n) is 4.96. The summed E-state index contributed by atoms with van der Waals surface area (Å²) in [6.07, 6.45) is 2.91. The molecule has 16 heavy (non-hydrogen) atoms. The van der Waals surface area contributed by atoms with Crippen LogP contribution in [0.3, 0.4) is 0 Å². The lowest BCUT2D eigenvalue weighted by molar-refractivity contribution is -0.133. The summed E-state index contributed by atoms with van der Waals surface area (Å²) in [4.78, 5) is 17.9. The van der Waals surface area contributed by atoms with Crippen molar-refractivity contribution in [3.05, 3.63) is 12.2 Å². The molecule has 2 rings (SSSR count). The summed E-state index contributed by atoms with van der Waals surface area (Å²) in [7, 11) is 1.71. The number of carbonyl (C=O) groups is 1. The van der Waals surface area contributed by atoms with Crippen LogP contribution in [0.1, 0.15) is 18.7 Å². The lowest BCUT2D eigenvalue weighted by Crippen LogP contribution is -2.40. The molecule has 1 saturated carbocycles. The van der Waals surface area contributed by atoms with E-state index < -0.39 is 5.41 Å². The smallest absolute Gasteiger partial charge is 0.235 e. The molecule has 0 saturated heterocycles. The number of carbonyl (C=O) groups excluding carboxylic acids is 1. The predicted octanol–water partition coefficient (Wildman–Crippen LogP) is -0.171. The number of nitrogens with two attached hydrogens (primary N) is 1. The van der Waals surface area contributed by atoms with Gasteiger partial charge in [0.2, 0.25) is 5.91 Å². The summed E-state index contributed by atoms with van der Waals surface area (Å²) in [6.45, 7) is 0.392. The Morgan fingerprint density at radius 2 is 2.44 bits per heavy atom. The predicted molar refractivity (Wildman–Crippen MR) is 61.3 cm³/mol. The molecule has 1 amide bonds. The number of rotatable bonds is 4. The van der Waals surface area contributed by atoms with Crippen LogP contribution in [0.15, 0.2) is 6.33 Å². The quantitative estimate of drug-likeness (QED) is 0.712. The van der Waals surface area contributed by atoms with Crippen LogP contribution in [0.5, 0.6) is 0 Å². The van der Waals surface area contributed by atoms with E-state index in [4.69, 9.17) is 18.0 Å². The topological polar surface area (TPSA) is 87.9 Å². The zero-order chi connectivity index (χ0) is 11.8. The van der Waals surface area contributed by atoms with Crippen LogP contribution in [0.4, 0.5) is 0 Å². The highest BCUT2D eigenvalue weighted by atomic mass is 32.1. The van der Waals surface area contributed by atoms with Crippen LogP contribution < -0.4 is 5.73 Å². The molecule has 1 aliphatic rings. The zero-order valence-corrected chi connectivity index (χ0v) is 9.75. The lowest BCUT2D eigenvalue weighted by Gasteiger charge is -2.21. The third-order valence-electron chi connectivity index (χ3n) is 2.83. The van der Waals surface area contributed by atoms with E-state index in [1.54, 1.807) is 11.9 Å². The van der Waals surface area contributed by atoms with Crippen molar-refractivity contribution in [2.45, 2.75) is 19.4 Å². The average molecular weight is 239 g/mol. The number of aromatic amines is 1. The second kappa shape index (κ2) is 3.82. The Bertz CT molecular complexity index is 412. The fourth-order valence-corrected chi connectivity index (χ4v) is 1.95. The van der Waals surface area contributed by atoms with Crippen LogP contribution in [-0.2, 0) is 11.3 Å². The maximum absolute atomic E-state index is 12.1. The number of H-pyrrole nitrogens is 1. The number of nitrogens with zero attached hydrogens (tertiary/aromatic N) is 3. The van der Waals surface area contributed by atoms with Crippen molar-refractivity contribution in [3.63, 3.8) is 0 Å². The monoisotopic (exact) mass is 239 g/mol. The van der Waals surface area contributed by atoms with Gasteiger partial charge in [-0.05, 0) is 12.8 Å². The highest BCUT2D eigenvalue weighted by molar-refractivity contribution is 7.80. The largest absolute Gasteiger partial charge is 0.392 e. The van der Waals surface area contributed by atoms with Gasteiger partial charge in [0.15, 0.2) is 0 Å². The Hall–Kier alpha value is -1.50. The maximum atomic E-state index is 12.1. The molecular formula is C9H13N5OS. The Morgan fingerprint density at radius 3 is 2.88 bits per heavy atom. The van der Waals surface area contributed by atoms with E-state index in [1.807, 2.05) is 0 Å². The number of amides is 1. The standard InChI is InChI=1S/C9H13N5OS/c1-14(4-6-11-5-12-13-6)8(15)9(2-3-9)7(10)16/h5H,2-4H2,1H3,(H2,10,16)(H,11,12,13). The molecule has 6 nitrogen and oxygen atoms in total. The van der Waals surface area contributed by atoms with Gasteiger partial charge >= 0.3 is 0 Å². The van der Waals surface area contributed by atoms with Gasteiger partial charge in [-0.15, -0.1) is 0 Å². The van der Waals surface area contributed by atoms with Gasteiger partial charge in [0.25, 0.3) is 0 Å².